The van der Waals surface area contributed by atoms with Gasteiger partial charge >= 0.3 is 0 Å². The lowest BCUT2D eigenvalue weighted by Gasteiger charge is -2.06. The van der Waals surface area contributed by atoms with Gasteiger partial charge in [-0.25, -0.2) is 8.78 Å². The van der Waals surface area contributed by atoms with Crippen LogP contribution in [0.15, 0.2) is 12.1 Å². The number of ether oxygens (including phenoxy) is 1. The van der Waals surface area contributed by atoms with E-state index in [1.54, 1.807) is 0 Å². The minimum absolute atomic E-state index is 0.156. The molecule has 0 aliphatic rings. The Balaban J connectivity index is 2.97. The number of halogens is 2. The van der Waals surface area contributed by atoms with Gasteiger partial charge in [0.25, 0.3) is 5.91 Å². The molecule has 1 aromatic carbocycles. The third kappa shape index (κ3) is 2.73. The molecule has 2 N–H and O–H groups in total. The molecule has 0 saturated heterocycles. The Morgan fingerprint density at radius 1 is 1.40 bits per heavy atom. The Bertz CT molecular complexity index is 383. The summed E-state index contributed by atoms with van der Waals surface area (Å²) in [4.78, 5) is 20.6. The maximum absolute atomic E-state index is 13.1. The number of aldehydes is 1. The first-order chi connectivity index (χ1) is 7.04. The number of rotatable bonds is 4. The Labute approximate surface area is 83.6 Å². The van der Waals surface area contributed by atoms with E-state index < -0.39 is 29.9 Å². The fraction of sp³-hybridized carbons (Fsp3) is 0.111. The van der Waals surface area contributed by atoms with Crippen LogP contribution in [0.3, 0.4) is 0 Å². The zero-order valence-corrected chi connectivity index (χ0v) is 7.50. The minimum Gasteiger partial charge on any atom is -0.478 e. The van der Waals surface area contributed by atoms with E-state index in [-0.39, 0.29) is 5.56 Å². The highest BCUT2D eigenvalue weighted by molar-refractivity contribution is 5.76. The number of amides is 1. The molecule has 4 nitrogen and oxygen atoms in total. The summed E-state index contributed by atoms with van der Waals surface area (Å²) < 4.78 is 30.6. The molecule has 15 heavy (non-hydrogen) atoms. The van der Waals surface area contributed by atoms with Crippen LogP contribution >= 0.6 is 0 Å². The first kappa shape index (κ1) is 11.1. The lowest BCUT2D eigenvalue weighted by molar-refractivity contribution is -0.120. The fourth-order valence-corrected chi connectivity index (χ4v) is 0.929. The number of primary amides is 1. The molecule has 1 rings (SSSR count). The van der Waals surface area contributed by atoms with E-state index in [9.17, 15) is 18.4 Å². The fourth-order valence-electron chi connectivity index (χ4n) is 0.929. The van der Waals surface area contributed by atoms with E-state index in [1.165, 1.54) is 0 Å². The molecule has 6 heteroatoms. The topological polar surface area (TPSA) is 69.4 Å². The normalized spacial score (nSPS) is 9.73. The van der Waals surface area contributed by atoms with Gasteiger partial charge in [0.2, 0.25) is 0 Å². The molecule has 0 fully saturated rings. The Morgan fingerprint density at radius 2 is 1.93 bits per heavy atom. The molecule has 0 aliphatic carbocycles. The van der Waals surface area contributed by atoms with Crippen LogP contribution in [0.25, 0.3) is 0 Å². The summed E-state index contributed by atoms with van der Waals surface area (Å²) in [6, 6.07) is 1.60. The highest BCUT2D eigenvalue weighted by Crippen LogP contribution is 2.22. The number of benzene rings is 1. The lowest BCUT2D eigenvalue weighted by atomic mass is 10.2. The van der Waals surface area contributed by atoms with Gasteiger partial charge in [0.15, 0.2) is 24.0 Å². The van der Waals surface area contributed by atoms with E-state index >= 15 is 0 Å². The SMILES string of the molecule is NC(=O)COc1c(F)cc(C=O)cc1F. The van der Waals surface area contributed by atoms with Crippen LogP contribution < -0.4 is 10.5 Å². The van der Waals surface area contributed by atoms with Crippen molar-refractivity contribution in [3.05, 3.63) is 29.3 Å². The minimum atomic E-state index is -1.06. The van der Waals surface area contributed by atoms with Crippen molar-refractivity contribution in [2.24, 2.45) is 5.73 Å². The van der Waals surface area contributed by atoms with Crippen molar-refractivity contribution in [2.75, 3.05) is 6.61 Å². The van der Waals surface area contributed by atoms with Crippen molar-refractivity contribution in [2.45, 2.75) is 0 Å². The van der Waals surface area contributed by atoms with Crippen molar-refractivity contribution in [3.8, 4) is 5.75 Å². The maximum atomic E-state index is 13.1. The van der Waals surface area contributed by atoms with Gasteiger partial charge in [-0.1, -0.05) is 0 Å². The maximum Gasteiger partial charge on any atom is 0.255 e. The number of hydrogen-bond donors (Lipinski definition) is 1. The third-order valence-corrected chi connectivity index (χ3v) is 1.52. The summed E-state index contributed by atoms with van der Waals surface area (Å²) in [6.07, 6.45) is 0.296. The molecular formula is C9H7F2NO3. The van der Waals surface area contributed by atoms with E-state index in [1.807, 2.05) is 0 Å². The summed E-state index contributed by atoms with van der Waals surface area (Å²) in [5.41, 5.74) is 4.58. The average molecular weight is 215 g/mol. The number of hydrogen-bond acceptors (Lipinski definition) is 3. The predicted octanol–water partition coefficient (Wildman–Crippen LogP) is 0.641. The molecule has 0 aliphatic heterocycles. The van der Waals surface area contributed by atoms with Crippen LogP contribution in [-0.2, 0) is 4.79 Å². The quantitative estimate of drug-likeness (QED) is 0.749. The van der Waals surface area contributed by atoms with Gasteiger partial charge in [-0.2, -0.15) is 0 Å². The van der Waals surface area contributed by atoms with E-state index in [4.69, 9.17) is 5.73 Å². The highest BCUT2D eigenvalue weighted by Gasteiger charge is 2.13. The Hall–Kier alpha value is -1.98. The smallest absolute Gasteiger partial charge is 0.255 e. The summed E-state index contributed by atoms with van der Waals surface area (Å²) in [5, 5.41) is 0. The van der Waals surface area contributed by atoms with Gasteiger partial charge in [0.05, 0.1) is 0 Å². The summed E-state index contributed by atoms with van der Waals surface area (Å²) in [6.45, 7) is -0.631. The third-order valence-electron chi connectivity index (χ3n) is 1.52. The molecule has 1 aromatic rings. The van der Waals surface area contributed by atoms with Crippen LogP contribution in [0.1, 0.15) is 10.4 Å². The molecule has 0 aromatic heterocycles. The van der Waals surface area contributed by atoms with Gasteiger partial charge in [-0.15, -0.1) is 0 Å². The second kappa shape index (κ2) is 4.50. The standard InChI is InChI=1S/C9H7F2NO3/c10-6-1-5(3-13)2-7(11)9(6)15-4-8(12)14/h1-3H,4H2,(H2,12,14). The van der Waals surface area contributed by atoms with Gasteiger partial charge in [0.1, 0.15) is 6.29 Å². The predicted molar refractivity (Wildman–Crippen MR) is 46.4 cm³/mol. The number of carbonyl (C=O) groups excluding carboxylic acids is 2. The molecule has 0 spiro atoms. The highest BCUT2D eigenvalue weighted by atomic mass is 19.1. The van der Waals surface area contributed by atoms with Gasteiger partial charge in [-0.3, -0.25) is 9.59 Å². The van der Waals surface area contributed by atoms with E-state index in [2.05, 4.69) is 4.74 Å². The number of nitrogens with two attached hydrogens (primary N) is 1. The second-order valence-electron chi connectivity index (χ2n) is 2.69. The zero-order chi connectivity index (χ0) is 11.4. The van der Waals surface area contributed by atoms with Gasteiger partial charge in [0, 0.05) is 5.56 Å². The average Bonchev–Trinajstić information content (AvgIpc) is 2.15. The molecule has 0 unspecified atom stereocenters. The van der Waals surface area contributed by atoms with Crippen LogP contribution in [0.4, 0.5) is 8.78 Å². The molecule has 0 atom stereocenters. The van der Waals surface area contributed by atoms with Crippen LogP contribution in [0, 0.1) is 11.6 Å². The summed E-state index contributed by atoms with van der Waals surface area (Å²) >= 11 is 0. The lowest BCUT2D eigenvalue weighted by Crippen LogP contribution is -2.20. The van der Waals surface area contributed by atoms with Crippen molar-refractivity contribution < 1.29 is 23.1 Å². The number of carbonyl (C=O) groups is 2. The molecule has 0 heterocycles. The first-order valence-electron chi connectivity index (χ1n) is 3.90. The largest absolute Gasteiger partial charge is 0.478 e. The van der Waals surface area contributed by atoms with E-state index in [0.717, 1.165) is 12.1 Å². The van der Waals surface area contributed by atoms with Crippen LogP contribution in [0.2, 0.25) is 0 Å². The zero-order valence-electron chi connectivity index (χ0n) is 7.50. The molecule has 1 amide bonds. The summed E-state index contributed by atoms with van der Waals surface area (Å²) in [7, 11) is 0. The Kier molecular flexibility index (Phi) is 3.33. The van der Waals surface area contributed by atoms with Gasteiger partial charge < -0.3 is 10.5 Å². The molecule has 0 radical (unpaired) electrons. The van der Waals surface area contributed by atoms with Crippen molar-refractivity contribution in [3.63, 3.8) is 0 Å². The molecule has 0 bridgehead atoms. The first-order valence-corrected chi connectivity index (χ1v) is 3.90. The van der Waals surface area contributed by atoms with Crippen LogP contribution in [-0.4, -0.2) is 18.8 Å². The monoisotopic (exact) mass is 215 g/mol. The van der Waals surface area contributed by atoms with Gasteiger partial charge in [-0.05, 0) is 12.1 Å². The van der Waals surface area contributed by atoms with Crippen molar-refractivity contribution in [1.29, 1.82) is 0 Å². The molecule has 0 saturated carbocycles. The van der Waals surface area contributed by atoms with E-state index in [0.29, 0.717) is 6.29 Å². The van der Waals surface area contributed by atoms with Crippen LogP contribution in [0.5, 0.6) is 5.75 Å². The second-order valence-corrected chi connectivity index (χ2v) is 2.69. The summed E-state index contributed by atoms with van der Waals surface area (Å²) in [5.74, 6) is -3.69. The molecule has 80 valence electrons. The Morgan fingerprint density at radius 3 is 2.33 bits per heavy atom. The van der Waals surface area contributed by atoms with Crippen molar-refractivity contribution in [1.82, 2.24) is 0 Å². The molecular weight excluding hydrogens is 208 g/mol. The van der Waals surface area contributed by atoms with Crippen molar-refractivity contribution >= 4 is 12.2 Å².